The van der Waals surface area contributed by atoms with Crippen LogP contribution in [0.4, 0.5) is 13.2 Å². The Hall–Kier alpha value is -0.420. The molecular weight excluding hydrogens is 399 g/mol. The Morgan fingerprint density at radius 1 is 0.800 bits per heavy atom. The van der Waals surface area contributed by atoms with Gasteiger partial charge in [0.25, 0.3) is 0 Å². The Bertz CT molecular complexity index is 619. The lowest BCUT2D eigenvalue weighted by Gasteiger charge is -2.14. The van der Waals surface area contributed by atoms with E-state index >= 15 is 0 Å². The Morgan fingerprint density at radius 3 is 2.00 bits per heavy atom. The molecule has 106 valence electrons. The maximum absolute atomic E-state index is 13.9. The van der Waals surface area contributed by atoms with Crippen LogP contribution in [0.1, 0.15) is 16.5 Å². The molecular formula is C13H5BrCl3F3. The average Bonchev–Trinajstić information content (AvgIpc) is 2.37. The third-order valence-electron chi connectivity index (χ3n) is 2.63. The molecule has 0 bridgehead atoms. The average molecular weight is 404 g/mol. The molecule has 0 saturated carbocycles. The maximum atomic E-state index is 13.9. The van der Waals surface area contributed by atoms with Crippen LogP contribution >= 0.6 is 50.7 Å². The molecule has 0 saturated heterocycles. The molecule has 0 N–H and O–H groups in total. The molecule has 0 aromatic heterocycles. The van der Waals surface area contributed by atoms with E-state index in [0.717, 1.165) is 18.2 Å². The number of rotatable bonds is 2. The van der Waals surface area contributed by atoms with Gasteiger partial charge in [0.1, 0.15) is 17.5 Å². The summed E-state index contributed by atoms with van der Waals surface area (Å²) in [5.41, 5.74) is -0.272. The molecule has 2 aromatic rings. The van der Waals surface area contributed by atoms with E-state index in [1.165, 1.54) is 6.07 Å². The first kappa shape index (κ1) is 16.0. The highest BCUT2D eigenvalue weighted by Gasteiger charge is 2.22. The number of hydrogen-bond acceptors (Lipinski definition) is 0. The van der Waals surface area contributed by atoms with E-state index in [0.29, 0.717) is 4.47 Å². The predicted octanol–water partition coefficient (Wildman–Crippen LogP) is 6.50. The van der Waals surface area contributed by atoms with E-state index in [2.05, 4.69) is 15.9 Å². The SMILES string of the molecule is Fc1cc(C(Cl)c2cc(Cl)c(Br)cc2F)c(F)cc1Cl. The summed E-state index contributed by atoms with van der Waals surface area (Å²) in [5.74, 6) is -2.34. The fraction of sp³-hybridized carbons (Fsp3) is 0.0769. The van der Waals surface area contributed by atoms with Gasteiger partial charge in [-0.25, -0.2) is 13.2 Å². The molecule has 0 nitrogen and oxygen atoms in total. The molecule has 2 aromatic carbocycles. The van der Waals surface area contributed by atoms with E-state index in [9.17, 15) is 13.2 Å². The van der Waals surface area contributed by atoms with Crippen LogP contribution in [0, 0.1) is 17.5 Å². The van der Waals surface area contributed by atoms with Crippen LogP contribution in [0.3, 0.4) is 0 Å². The van der Waals surface area contributed by atoms with Crippen LogP contribution in [0.2, 0.25) is 10.0 Å². The predicted molar refractivity (Wildman–Crippen MR) is 78.2 cm³/mol. The normalized spacial score (nSPS) is 12.6. The van der Waals surface area contributed by atoms with Gasteiger partial charge in [-0.05, 0) is 40.2 Å². The maximum Gasteiger partial charge on any atom is 0.142 e. The summed E-state index contributed by atoms with van der Waals surface area (Å²) in [7, 11) is 0. The standard InChI is InChI=1S/C13H5BrCl3F3/c14-7-3-10(18)5(1-8(7)15)13(17)6-2-12(20)9(16)4-11(6)19/h1-4,13H. The van der Waals surface area contributed by atoms with Gasteiger partial charge in [0.15, 0.2) is 0 Å². The van der Waals surface area contributed by atoms with Crippen molar-refractivity contribution in [2.24, 2.45) is 0 Å². The zero-order chi connectivity index (χ0) is 15.0. The molecule has 1 atom stereocenters. The summed E-state index contributed by atoms with van der Waals surface area (Å²) in [6.45, 7) is 0. The molecule has 7 heteroatoms. The summed E-state index contributed by atoms with van der Waals surface area (Å²) in [4.78, 5) is 0. The first-order valence-corrected chi connectivity index (χ1v) is 7.22. The van der Waals surface area contributed by atoms with Gasteiger partial charge < -0.3 is 0 Å². The zero-order valence-electron chi connectivity index (χ0n) is 9.53. The lowest BCUT2D eigenvalue weighted by Crippen LogP contribution is -2.01. The van der Waals surface area contributed by atoms with Crippen molar-refractivity contribution in [2.45, 2.75) is 5.38 Å². The summed E-state index contributed by atoms with van der Waals surface area (Å²) in [6, 6.07) is 3.99. The second-order valence-electron chi connectivity index (χ2n) is 3.94. The van der Waals surface area contributed by atoms with E-state index < -0.39 is 22.8 Å². The summed E-state index contributed by atoms with van der Waals surface area (Å²) in [5, 5.41) is -1.39. The van der Waals surface area contributed by atoms with Gasteiger partial charge in [-0.15, -0.1) is 11.6 Å². The Balaban J connectivity index is 2.54. The van der Waals surface area contributed by atoms with Gasteiger partial charge in [-0.1, -0.05) is 23.2 Å². The van der Waals surface area contributed by atoms with Crippen molar-refractivity contribution >= 4 is 50.7 Å². The monoisotopic (exact) mass is 402 g/mol. The molecule has 0 aliphatic carbocycles. The Labute approximate surface area is 136 Å². The topological polar surface area (TPSA) is 0 Å². The van der Waals surface area contributed by atoms with Crippen molar-refractivity contribution in [3.05, 3.63) is 67.4 Å². The Kier molecular flexibility index (Phi) is 4.90. The first-order chi connectivity index (χ1) is 9.31. The van der Waals surface area contributed by atoms with E-state index in [1.807, 2.05) is 0 Å². The summed E-state index contributed by atoms with van der Waals surface area (Å²) < 4.78 is 41.4. The lowest BCUT2D eigenvalue weighted by atomic mass is 10.0. The van der Waals surface area contributed by atoms with Crippen LogP contribution < -0.4 is 0 Å². The van der Waals surface area contributed by atoms with Gasteiger partial charge in [0.05, 0.1) is 15.4 Å². The molecule has 2 rings (SSSR count). The van der Waals surface area contributed by atoms with Gasteiger partial charge in [0.2, 0.25) is 0 Å². The lowest BCUT2D eigenvalue weighted by molar-refractivity contribution is 0.580. The van der Waals surface area contributed by atoms with Crippen molar-refractivity contribution in [1.82, 2.24) is 0 Å². The fourth-order valence-electron chi connectivity index (χ4n) is 1.63. The number of alkyl halides is 1. The third-order valence-corrected chi connectivity index (χ3v) is 4.58. The molecule has 0 aliphatic rings. The van der Waals surface area contributed by atoms with Crippen LogP contribution in [0.5, 0.6) is 0 Å². The number of hydrogen-bond donors (Lipinski definition) is 0. The molecule has 20 heavy (non-hydrogen) atoms. The van der Waals surface area contributed by atoms with Crippen molar-refractivity contribution < 1.29 is 13.2 Å². The molecule has 0 heterocycles. The summed E-state index contributed by atoms with van der Waals surface area (Å²) in [6.07, 6.45) is 0. The zero-order valence-corrected chi connectivity index (χ0v) is 13.4. The van der Waals surface area contributed by atoms with E-state index in [1.54, 1.807) is 0 Å². The fourth-order valence-corrected chi connectivity index (χ4v) is 2.60. The van der Waals surface area contributed by atoms with Crippen molar-refractivity contribution in [3.8, 4) is 0 Å². The van der Waals surface area contributed by atoms with E-state index in [-0.39, 0.29) is 21.2 Å². The second-order valence-corrected chi connectivity index (χ2v) is 6.04. The number of benzene rings is 2. The molecule has 0 spiro atoms. The van der Waals surface area contributed by atoms with Gasteiger partial charge in [-0.3, -0.25) is 0 Å². The third kappa shape index (κ3) is 3.08. The van der Waals surface area contributed by atoms with Gasteiger partial charge >= 0.3 is 0 Å². The highest BCUT2D eigenvalue weighted by Crippen LogP contribution is 2.37. The minimum atomic E-state index is -1.23. The molecule has 0 amide bonds. The molecule has 0 radical (unpaired) electrons. The van der Waals surface area contributed by atoms with Crippen LogP contribution in [0.25, 0.3) is 0 Å². The second kappa shape index (κ2) is 6.14. The minimum Gasteiger partial charge on any atom is -0.207 e. The number of halogens is 7. The minimum absolute atomic E-state index is 0.0551. The van der Waals surface area contributed by atoms with E-state index in [4.69, 9.17) is 34.8 Å². The molecule has 0 aliphatic heterocycles. The largest absolute Gasteiger partial charge is 0.207 e. The van der Waals surface area contributed by atoms with Gasteiger partial charge in [0, 0.05) is 15.6 Å². The Morgan fingerprint density at radius 2 is 1.35 bits per heavy atom. The summed E-state index contributed by atoms with van der Waals surface area (Å²) >= 11 is 20.4. The van der Waals surface area contributed by atoms with Gasteiger partial charge in [-0.2, -0.15) is 0 Å². The van der Waals surface area contributed by atoms with Crippen LogP contribution in [-0.2, 0) is 0 Å². The molecule has 0 fully saturated rings. The molecule has 1 unspecified atom stereocenters. The quantitative estimate of drug-likeness (QED) is 0.396. The first-order valence-electron chi connectivity index (χ1n) is 5.24. The van der Waals surface area contributed by atoms with Crippen LogP contribution in [-0.4, -0.2) is 0 Å². The van der Waals surface area contributed by atoms with Crippen LogP contribution in [0.15, 0.2) is 28.7 Å². The van der Waals surface area contributed by atoms with Crippen molar-refractivity contribution in [1.29, 1.82) is 0 Å². The van der Waals surface area contributed by atoms with Crippen molar-refractivity contribution in [2.75, 3.05) is 0 Å². The smallest absolute Gasteiger partial charge is 0.142 e. The highest BCUT2D eigenvalue weighted by atomic mass is 79.9. The van der Waals surface area contributed by atoms with Crippen molar-refractivity contribution in [3.63, 3.8) is 0 Å². The highest BCUT2D eigenvalue weighted by molar-refractivity contribution is 9.10.